The van der Waals surface area contributed by atoms with Crippen molar-refractivity contribution in [3.8, 4) is 11.5 Å². The van der Waals surface area contributed by atoms with E-state index in [0.717, 1.165) is 24.3 Å². The highest BCUT2D eigenvalue weighted by atomic mass is 16.5. The van der Waals surface area contributed by atoms with Crippen molar-refractivity contribution in [2.24, 2.45) is 0 Å². The fourth-order valence-electron chi connectivity index (χ4n) is 2.71. The Labute approximate surface area is 125 Å². The molecule has 110 valence electrons. The maximum absolute atomic E-state index is 5.89. The molecule has 1 aliphatic heterocycles. The second-order valence-corrected chi connectivity index (χ2v) is 5.22. The first-order chi connectivity index (χ1) is 10.4. The van der Waals surface area contributed by atoms with Crippen molar-refractivity contribution in [1.29, 1.82) is 0 Å². The summed E-state index contributed by atoms with van der Waals surface area (Å²) in [6, 6.07) is 16.8. The maximum Gasteiger partial charge on any atom is 0.161 e. The SMILES string of the molecule is CCOc1ccccc1OCCC1Cc2ccccc2N1. The van der Waals surface area contributed by atoms with Gasteiger partial charge in [0, 0.05) is 18.2 Å². The summed E-state index contributed by atoms with van der Waals surface area (Å²) in [5.74, 6) is 1.65. The third-order valence-electron chi connectivity index (χ3n) is 3.72. The van der Waals surface area contributed by atoms with Crippen LogP contribution in [0.4, 0.5) is 5.69 Å². The summed E-state index contributed by atoms with van der Waals surface area (Å²) in [5.41, 5.74) is 2.66. The summed E-state index contributed by atoms with van der Waals surface area (Å²) in [6.45, 7) is 3.33. The average molecular weight is 283 g/mol. The van der Waals surface area contributed by atoms with Crippen LogP contribution in [0.1, 0.15) is 18.9 Å². The van der Waals surface area contributed by atoms with Crippen molar-refractivity contribution in [1.82, 2.24) is 0 Å². The van der Waals surface area contributed by atoms with Crippen LogP contribution in [0.25, 0.3) is 0 Å². The van der Waals surface area contributed by atoms with E-state index in [1.165, 1.54) is 11.3 Å². The molecule has 2 aromatic carbocycles. The number of para-hydroxylation sites is 3. The number of hydrogen-bond acceptors (Lipinski definition) is 3. The van der Waals surface area contributed by atoms with Gasteiger partial charge in [0.2, 0.25) is 0 Å². The molecule has 3 heteroatoms. The number of anilines is 1. The Bertz CT molecular complexity index is 572. The first-order valence-electron chi connectivity index (χ1n) is 7.56. The van der Waals surface area contributed by atoms with E-state index in [9.17, 15) is 0 Å². The highest BCUT2D eigenvalue weighted by Crippen LogP contribution is 2.28. The van der Waals surface area contributed by atoms with Gasteiger partial charge in [0.25, 0.3) is 0 Å². The van der Waals surface area contributed by atoms with Gasteiger partial charge < -0.3 is 14.8 Å². The van der Waals surface area contributed by atoms with Crippen LogP contribution in [-0.4, -0.2) is 19.3 Å². The van der Waals surface area contributed by atoms with Crippen LogP contribution in [0.3, 0.4) is 0 Å². The lowest BCUT2D eigenvalue weighted by molar-refractivity contribution is 0.269. The average Bonchev–Trinajstić information content (AvgIpc) is 2.92. The summed E-state index contributed by atoms with van der Waals surface area (Å²) in [4.78, 5) is 0. The van der Waals surface area contributed by atoms with Crippen molar-refractivity contribution in [2.45, 2.75) is 25.8 Å². The number of hydrogen-bond donors (Lipinski definition) is 1. The van der Waals surface area contributed by atoms with Crippen molar-refractivity contribution >= 4 is 5.69 Å². The smallest absolute Gasteiger partial charge is 0.161 e. The monoisotopic (exact) mass is 283 g/mol. The molecule has 0 amide bonds. The van der Waals surface area contributed by atoms with E-state index >= 15 is 0 Å². The molecule has 3 rings (SSSR count). The summed E-state index contributed by atoms with van der Waals surface area (Å²) in [5, 5.41) is 3.55. The molecule has 0 saturated heterocycles. The van der Waals surface area contributed by atoms with Gasteiger partial charge in [-0.25, -0.2) is 0 Å². The van der Waals surface area contributed by atoms with Gasteiger partial charge in [-0.05, 0) is 37.1 Å². The normalized spacial score (nSPS) is 16.1. The largest absolute Gasteiger partial charge is 0.490 e. The summed E-state index contributed by atoms with van der Waals surface area (Å²) in [7, 11) is 0. The second-order valence-electron chi connectivity index (χ2n) is 5.22. The molecular formula is C18H21NO2. The van der Waals surface area contributed by atoms with Gasteiger partial charge in [0.1, 0.15) is 0 Å². The summed E-state index contributed by atoms with van der Waals surface area (Å²) >= 11 is 0. The van der Waals surface area contributed by atoms with Crippen molar-refractivity contribution < 1.29 is 9.47 Å². The van der Waals surface area contributed by atoms with Crippen molar-refractivity contribution in [2.75, 3.05) is 18.5 Å². The zero-order chi connectivity index (χ0) is 14.5. The van der Waals surface area contributed by atoms with Gasteiger partial charge in [-0.2, -0.15) is 0 Å². The first kappa shape index (κ1) is 13.8. The Morgan fingerprint density at radius 2 is 1.71 bits per heavy atom. The fourth-order valence-corrected chi connectivity index (χ4v) is 2.71. The number of fused-ring (bicyclic) bond motifs is 1. The zero-order valence-electron chi connectivity index (χ0n) is 12.3. The Balaban J connectivity index is 1.52. The third kappa shape index (κ3) is 3.30. The van der Waals surface area contributed by atoms with E-state index in [4.69, 9.17) is 9.47 Å². The van der Waals surface area contributed by atoms with E-state index in [-0.39, 0.29) is 0 Å². The maximum atomic E-state index is 5.89. The molecular weight excluding hydrogens is 262 g/mol. The molecule has 21 heavy (non-hydrogen) atoms. The molecule has 2 aromatic rings. The van der Waals surface area contributed by atoms with E-state index in [1.54, 1.807) is 0 Å². The Hall–Kier alpha value is -2.16. The Morgan fingerprint density at radius 3 is 2.48 bits per heavy atom. The number of ether oxygens (including phenoxy) is 2. The lowest BCUT2D eigenvalue weighted by Gasteiger charge is -2.14. The zero-order valence-corrected chi connectivity index (χ0v) is 12.3. The molecule has 0 radical (unpaired) electrons. The predicted molar refractivity (Wildman–Crippen MR) is 85.3 cm³/mol. The van der Waals surface area contributed by atoms with Crippen molar-refractivity contribution in [3.63, 3.8) is 0 Å². The topological polar surface area (TPSA) is 30.5 Å². The number of benzene rings is 2. The molecule has 0 bridgehead atoms. The van der Waals surface area contributed by atoms with Gasteiger partial charge in [-0.15, -0.1) is 0 Å². The third-order valence-corrected chi connectivity index (χ3v) is 3.72. The van der Waals surface area contributed by atoms with E-state index in [0.29, 0.717) is 19.3 Å². The molecule has 1 atom stereocenters. The van der Waals surface area contributed by atoms with E-state index < -0.39 is 0 Å². The van der Waals surface area contributed by atoms with Gasteiger partial charge >= 0.3 is 0 Å². The van der Waals surface area contributed by atoms with Crippen LogP contribution in [0.2, 0.25) is 0 Å². The first-order valence-corrected chi connectivity index (χ1v) is 7.56. The van der Waals surface area contributed by atoms with E-state index in [1.807, 2.05) is 31.2 Å². The quantitative estimate of drug-likeness (QED) is 0.872. The molecule has 1 heterocycles. The molecule has 0 aliphatic carbocycles. The lowest BCUT2D eigenvalue weighted by Crippen LogP contribution is -2.18. The van der Waals surface area contributed by atoms with Crippen LogP contribution >= 0.6 is 0 Å². The molecule has 0 spiro atoms. The summed E-state index contributed by atoms with van der Waals surface area (Å²) in [6.07, 6.45) is 2.06. The standard InChI is InChI=1S/C18H21NO2/c1-2-20-17-9-5-6-10-18(17)21-12-11-15-13-14-7-3-4-8-16(14)19-15/h3-10,15,19H,2,11-13H2,1H3. The Kier molecular flexibility index (Phi) is 4.29. The molecule has 1 unspecified atom stereocenters. The molecule has 0 saturated carbocycles. The number of rotatable bonds is 6. The second kappa shape index (κ2) is 6.53. The van der Waals surface area contributed by atoms with Crippen LogP contribution in [-0.2, 0) is 6.42 Å². The van der Waals surface area contributed by atoms with Gasteiger partial charge in [0.05, 0.1) is 13.2 Å². The lowest BCUT2D eigenvalue weighted by atomic mass is 10.1. The summed E-state index contributed by atoms with van der Waals surface area (Å²) < 4.78 is 11.5. The minimum absolute atomic E-state index is 0.460. The highest BCUT2D eigenvalue weighted by molar-refractivity contribution is 5.56. The van der Waals surface area contributed by atoms with Crippen LogP contribution in [0, 0.1) is 0 Å². The van der Waals surface area contributed by atoms with Crippen LogP contribution < -0.4 is 14.8 Å². The Morgan fingerprint density at radius 1 is 1.00 bits per heavy atom. The van der Waals surface area contributed by atoms with Crippen LogP contribution in [0.15, 0.2) is 48.5 Å². The number of nitrogens with one attached hydrogen (secondary N) is 1. The van der Waals surface area contributed by atoms with Crippen molar-refractivity contribution in [3.05, 3.63) is 54.1 Å². The fraction of sp³-hybridized carbons (Fsp3) is 0.333. The molecule has 3 nitrogen and oxygen atoms in total. The van der Waals surface area contributed by atoms with Gasteiger partial charge in [-0.3, -0.25) is 0 Å². The molecule has 1 N–H and O–H groups in total. The predicted octanol–water partition coefficient (Wildman–Crippen LogP) is 3.89. The molecule has 1 aliphatic rings. The minimum Gasteiger partial charge on any atom is -0.490 e. The van der Waals surface area contributed by atoms with Crippen LogP contribution in [0.5, 0.6) is 11.5 Å². The van der Waals surface area contributed by atoms with E-state index in [2.05, 4.69) is 29.6 Å². The highest BCUT2D eigenvalue weighted by Gasteiger charge is 2.19. The van der Waals surface area contributed by atoms with Gasteiger partial charge in [-0.1, -0.05) is 30.3 Å². The molecule has 0 fully saturated rings. The molecule has 0 aromatic heterocycles. The minimum atomic E-state index is 0.460. The van der Waals surface area contributed by atoms with Gasteiger partial charge in [0.15, 0.2) is 11.5 Å².